The number of sulfonamides is 1. The zero-order chi connectivity index (χ0) is 19.8. The van der Waals surface area contributed by atoms with Gasteiger partial charge in [-0.1, -0.05) is 12.1 Å². The van der Waals surface area contributed by atoms with Gasteiger partial charge in [-0.05, 0) is 54.0 Å². The molecule has 5 rings (SSSR count). The number of aryl methyl sites for hydroxylation is 2. The Labute approximate surface area is 174 Å². The van der Waals surface area contributed by atoms with Crippen LogP contribution in [-0.4, -0.2) is 48.8 Å². The van der Waals surface area contributed by atoms with Crippen LogP contribution in [0.4, 0.5) is 0 Å². The first-order chi connectivity index (χ1) is 14.1. The molecule has 0 amide bonds. The lowest BCUT2D eigenvalue weighted by Crippen LogP contribution is -2.48. The molecule has 1 aliphatic heterocycles. The maximum atomic E-state index is 13.1. The maximum absolute atomic E-state index is 13.1. The molecule has 2 aliphatic rings. The van der Waals surface area contributed by atoms with Crippen LogP contribution in [0, 0.1) is 0 Å². The van der Waals surface area contributed by atoms with E-state index >= 15 is 0 Å². The average Bonchev–Trinajstić information content (AvgIpc) is 3.48. The quantitative estimate of drug-likeness (QED) is 0.622. The predicted molar refractivity (Wildman–Crippen MR) is 112 cm³/mol. The maximum Gasteiger partial charge on any atom is 0.243 e. The predicted octanol–water partition coefficient (Wildman–Crippen LogP) is 3.40. The zero-order valence-corrected chi connectivity index (χ0v) is 17.7. The Balaban J connectivity index is 1.22. The number of benzene rings is 1. The fraction of sp³-hybridized carbons (Fsp3) is 0.381. The van der Waals surface area contributed by atoms with Gasteiger partial charge in [0.1, 0.15) is 6.26 Å². The summed E-state index contributed by atoms with van der Waals surface area (Å²) in [7, 11) is -3.43. The van der Waals surface area contributed by atoms with E-state index in [1.807, 2.05) is 29.6 Å². The van der Waals surface area contributed by atoms with Crippen LogP contribution in [0.5, 0.6) is 0 Å². The topological polar surface area (TPSA) is 66.7 Å². The highest BCUT2D eigenvalue weighted by Crippen LogP contribution is 2.27. The lowest BCUT2D eigenvalue weighted by molar-refractivity contribution is 0.180. The van der Waals surface area contributed by atoms with Gasteiger partial charge < -0.3 is 4.42 Å². The van der Waals surface area contributed by atoms with E-state index in [9.17, 15) is 8.42 Å². The van der Waals surface area contributed by atoms with Crippen molar-refractivity contribution in [3.8, 4) is 10.8 Å². The molecule has 29 heavy (non-hydrogen) atoms. The average molecular weight is 430 g/mol. The molecule has 8 heteroatoms. The number of rotatable bonds is 5. The summed E-state index contributed by atoms with van der Waals surface area (Å²) in [5.74, 6) is 0.646. The summed E-state index contributed by atoms with van der Waals surface area (Å²) in [6.45, 7) is 3.03. The highest BCUT2D eigenvalue weighted by atomic mass is 32.2. The summed E-state index contributed by atoms with van der Waals surface area (Å²) in [6, 6.07) is 9.60. The molecule has 3 aromatic rings. The molecule has 6 nitrogen and oxygen atoms in total. The molecule has 1 fully saturated rings. The van der Waals surface area contributed by atoms with Crippen LogP contribution in [0.1, 0.15) is 23.2 Å². The van der Waals surface area contributed by atoms with Crippen LogP contribution >= 0.6 is 11.3 Å². The van der Waals surface area contributed by atoms with Gasteiger partial charge in [0.25, 0.3) is 0 Å². The van der Waals surface area contributed by atoms with Crippen LogP contribution in [0.15, 0.2) is 51.3 Å². The van der Waals surface area contributed by atoms with Crippen LogP contribution < -0.4 is 0 Å². The Morgan fingerprint density at radius 1 is 1.07 bits per heavy atom. The lowest BCUT2D eigenvalue weighted by atomic mass is 10.1. The molecule has 0 atom stereocenters. The molecule has 152 valence electrons. The fourth-order valence-corrected chi connectivity index (χ4v) is 6.24. The van der Waals surface area contributed by atoms with Gasteiger partial charge in [0.2, 0.25) is 15.9 Å². The van der Waals surface area contributed by atoms with Gasteiger partial charge in [0, 0.05) is 32.7 Å². The molecule has 2 aromatic heterocycles. The van der Waals surface area contributed by atoms with Gasteiger partial charge >= 0.3 is 0 Å². The highest BCUT2D eigenvalue weighted by Gasteiger charge is 2.29. The zero-order valence-electron chi connectivity index (χ0n) is 16.1. The minimum absolute atomic E-state index is 0.434. The van der Waals surface area contributed by atoms with E-state index in [0.29, 0.717) is 43.5 Å². The smallest absolute Gasteiger partial charge is 0.243 e. The van der Waals surface area contributed by atoms with Crippen molar-refractivity contribution >= 4 is 21.4 Å². The van der Waals surface area contributed by atoms with Gasteiger partial charge in [-0.15, -0.1) is 11.3 Å². The van der Waals surface area contributed by atoms with Gasteiger partial charge in [-0.25, -0.2) is 13.4 Å². The first-order valence-corrected chi connectivity index (χ1v) is 12.2. The summed E-state index contributed by atoms with van der Waals surface area (Å²) in [4.78, 5) is 8.24. The number of hydrogen-bond acceptors (Lipinski definition) is 6. The fourth-order valence-electron chi connectivity index (χ4n) is 4.11. The van der Waals surface area contributed by atoms with Gasteiger partial charge in [0.05, 0.1) is 15.5 Å². The summed E-state index contributed by atoms with van der Waals surface area (Å²) in [6.07, 6.45) is 4.86. The van der Waals surface area contributed by atoms with Crippen molar-refractivity contribution in [2.24, 2.45) is 0 Å². The molecule has 1 aromatic carbocycles. The molecule has 0 spiro atoms. The van der Waals surface area contributed by atoms with E-state index in [0.717, 1.165) is 29.8 Å². The number of thiophene rings is 1. The Hall–Kier alpha value is -2.00. The minimum Gasteiger partial charge on any atom is -0.444 e. The van der Waals surface area contributed by atoms with Crippen molar-refractivity contribution in [2.45, 2.75) is 30.7 Å². The monoisotopic (exact) mass is 429 g/mol. The summed E-state index contributed by atoms with van der Waals surface area (Å²) >= 11 is 1.60. The molecule has 0 radical (unpaired) electrons. The van der Waals surface area contributed by atoms with Crippen LogP contribution in [0.25, 0.3) is 10.8 Å². The van der Waals surface area contributed by atoms with Crippen molar-refractivity contribution < 1.29 is 12.8 Å². The van der Waals surface area contributed by atoms with E-state index < -0.39 is 10.0 Å². The van der Waals surface area contributed by atoms with E-state index in [1.165, 1.54) is 11.1 Å². The van der Waals surface area contributed by atoms with Crippen molar-refractivity contribution in [1.29, 1.82) is 0 Å². The van der Waals surface area contributed by atoms with E-state index in [4.69, 9.17) is 4.42 Å². The SMILES string of the molecule is O=S(=O)(c1ccc2c(c1)CCC2)N1CCN(Cc2coc(-c3cccs3)n2)CC1. The van der Waals surface area contributed by atoms with Crippen molar-refractivity contribution in [3.05, 3.63) is 58.8 Å². The Morgan fingerprint density at radius 3 is 2.69 bits per heavy atom. The molecule has 0 bridgehead atoms. The number of oxazole rings is 1. The number of aromatic nitrogens is 1. The van der Waals surface area contributed by atoms with Gasteiger partial charge in [-0.3, -0.25) is 4.90 Å². The molecule has 0 saturated carbocycles. The normalized spacial score (nSPS) is 18.2. The van der Waals surface area contributed by atoms with Crippen LogP contribution in [-0.2, 0) is 29.4 Å². The van der Waals surface area contributed by atoms with Gasteiger partial charge in [-0.2, -0.15) is 4.31 Å². The number of fused-ring (bicyclic) bond motifs is 1. The second-order valence-corrected chi connectivity index (χ2v) is 10.5. The lowest BCUT2D eigenvalue weighted by Gasteiger charge is -2.33. The van der Waals surface area contributed by atoms with Gasteiger partial charge in [0.15, 0.2) is 0 Å². The molecule has 3 heterocycles. The Morgan fingerprint density at radius 2 is 1.90 bits per heavy atom. The van der Waals surface area contributed by atoms with E-state index in [-0.39, 0.29) is 0 Å². The van der Waals surface area contributed by atoms with Crippen molar-refractivity contribution in [3.63, 3.8) is 0 Å². The molecule has 1 aliphatic carbocycles. The van der Waals surface area contributed by atoms with Crippen molar-refractivity contribution in [1.82, 2.24) is 14.2 Å². The minimum atomic E-state index is -3.43. The summed E-state index contributed by atoms with van der Waals surface area (Å²) in [5, 5.41) is 2.00. The van der Waals surface area contributed by atoms with E-state index in [2.05, 4.69) is 9.88 Å². The molecular weight excluding hydrogens is 406 g/mol. The second kappa shape index (κ2) is 7.68. The standard InChI is InChI=1S/C21H23N3O3S2/c25-29(26,19-7-6-16-3-1-4-17(16)13-19)24-10-8-23(9-11-24)14-18-15-27-21(22-18)20-5-2-12-28-20/h2,5-7,12-13,15H,1,3-4,8-11,14H2. The van der Waals surface area contributed by atoms with Crippen LogP contribution in [0.2, 0.25) is 0 Å². The van der Waals surface area contributed by atoms with E-state index in [1.54, 1.807) is 28.0 Å². The van der Waals surface area contributed by atoms with Crippen LogP contribution in [0.3, 0.4) is 0 Å². The molecule has 0 unspecified atom stereocenters. The first kappa shape index (κ1) is 19.0. The summed E-state index contributed by atoms with van der Waals surface area (Å²) in [5.41, 5.74) is 3.36. The number of hydrogen-bond donors (Lipinski definition) is 0. The molecule has 1 saturated heterocycles. The van der Waals surface area contributed by atoms with Crippen molar-refractivity contribution in [2.75, 3.05) is 26.2 Å². The molecular formula is C21H23N3O3S2. The Kier molecular flexibility index (Phi) is 5.03. The highest BCUT2D eigenvalue weighted by molar-refractivity contribution is 7.89. The third kappa shape index (κ3) is 3.77. The summed E-state index contributed by atoms with van der Waals surface area (Å²) < 4.78 is 33.3. The Bertz CT molecular complexity index is 1100. The third-order valence-corrected chi connectivity index (χ3v) is 8.46. The third-order valence-electron chi connectivity index (χ3n) is 5.71. The second-order valence-electron chi connectivity index (χ2n) is 7.59. The number of nitrogens with zero attached hydrogens (tertiary/aromatic N) is 3. The largest absolute Gasteiger partial charge is 0.444 e. The molecule has 0 N–H and O–H groups in total. The number of piperazine rings is 1. The first-order valence-electron chi connectivity index (χ1n) is 9.92.